The summed E-state index contributed by atoms with van der Waals surface area (Å²) in [6.45, 7) is 0.873. The molecule has 0 radical (unpaired) electrons. The lowest BCUT2D eigenvalue weighted by Crippen LogP contribution is -2.27. The lowest BCUT2D eigenvalue weighted by molar-refractivity contribution is 0.0796. The average Bonchev–Trinajstić information content (AvgIpc) is 2.67. The summed E-state index contributed by atoms with van der Waals surface area (Å²) in [7, 11) is -1.97. The van der Waals surface area contributed by atoms with Crippen molar-refractivity contribution in [3.8, 4) is 5.75 Å². The number of nitrogens with one attached hydrogen (secondary N) is 1. The highest BCUT2D eigenvalue weighted by atomic mass is 35.5. The van der Waals surface area contributed by atoms with Gasteiger partial charge in [-0.15, -0.1) is 0 Å². The Balaban J connectivity index is 1.83. The van der Waals surface area contributed by atoms with Gasteiger partial charge < -0.3 is 9.64 Å². The van der Waals surface area contributed by atoms with Gasteiger partial charge in [0.25, 0.3) is 5.91 Å². The molecule has 1 aliphatic heterocycles. The van der Waals surface area contributed by atoms with E-state index in [1.807, 2.05) is 0 Å². The zero-order valence-electron chi connectivity index (χ0n) is 13.5. The van der Waals surface area contributed by atoms with Crippen LogP contribution in [0.3, 0.4) is 0 Å². The first-order valence-corrected chi connectivity index (χ1v) is 9.64. The van der Waals surface area contributed by atoms with Crippen LogP contribution in [0.15, 0.2) is 42.5 Å². The van der Waals surface area contributed by atoms with Crippen molar-refractivity contribution < 1.29 is 17.9 Å². The standard InChI is InChI=1S/C17H17ClN2O4S/c1-20-7-8-24-16-6-5-14(10-15(16)17(20)21)19-25(22,23)11-12-3-2-4-13(18)9-12/h2-6,9-10,19H,7-8,11H2,1H3. The lowest BCUT2D eigenvalue weighted by atomic mass is 10.1. The third-order valence-electron chi connectivity index (χ3n) is 3.76. The molecule has 0 saturated carbocycles. The minimum absolute atomic E-state index is 0.205. The fraction of sp³-hybridized carbons (Fsp3) is 0.235. The quantitative estimate of drug-likeness (QED) is 0.884. The van der Waals surface area contributed by atoms with Gasteiger partial charge in [0.15, 0.2) is 0 Å². The van der Waals surface area contributed by atoms with Crippen molar-refractivity contribution in [2.75, 3.05) is 24.9 Å². The van der Waals surface area contributed by atoms with E-state index >= 15 is 0 Å². The molecule has 0 fully saturated rings. The van der Waals surface area contributed by atoms with Crippen molar-refractivity contribution in [3.63, 3.8) is 0 Å². The number of hydrogen-bond donors (Lipinski definition) is 1. The predicted octanol–water partition coefficient (Wildman–Crippen LogP) is 2.75. The number of benzene rings is 2. The number of likely N-dealkylation sites (N-methyl/N-ethyl adjacent to an activating group) is 1. The second kappa shape index (κ2) is 6.93. The zero-order valence-corrected chi connectivity index (χ0v) is 15.1. The molecule has 2 aromatic rings. The topological polar surface area (TPSA) is 75.7 Å². The van der Waals surface area contributed by atoms with E-state index in [1.54, 1.807) is 43.4 Å². The summed E-state index contributed by atoms with van der Waals surface area (Å²) in [5, 5.41) is 0.475. The van der Waals surface area contributed by atoms with Gasteiger partial charge >= 0.3 is 0 Å². The van der Waals surface area contributed by atoms with Crippen molar-refractivity contribution in [2.24, 2.45) is 0 Å². The predicted molar refractivity (Wildman–Crippen MR) is 96.6 cm³/mol. The number of ether oxygens (including phenoxy) is 1. The summed E-state index contributed by atoms with van der Waals surface area (Å²) in [5.74, 6) is 0.0326. The number of amides is 1. The first kappa shape index (κ1) is 17.6. The Morgan fingerprint density at radius 2 is 2.04 bits per heavy atom. The Morgan fingerprint density at radius 1 is 1.24 bits per heavy atom. The maximum atomic E-state index is 12.4. The molecule has 25 heavy (non-hydrogen) atoms. The Hall–Kier alpha value is -2.25. The smallest absolute Gasteiger partial charge is 0.257 e. The van der Waals surface area contributed by atoms with Crippen LogP contribution in [0.25, 0.3) is 0 Å². The molecule has 2 aromatic carbocycles. The number of rotatable bonds is 4. The number of sulfonamides is 1. The van der Waals surface area contributed by atoms with Gasteiger partial charge in [-0.25, -0.2) is 8.42 Å². The number of fused-ring (bicyclic) bond motifs is 1. The van der Waals surface area contributed by atoms with Crippen LogP contribution in [-0.2, 0) is 15.8 Å². The van der Waals surface area contributed by atoms with Crippen LogP contribution < -0.4 is 9.46 Å². The van der Waals surface area contributed by atoms with Crippen LogP contribution in [0.4, 0.5) is 5.69 Å². The van der Waals surface area contributed by atoms with Crippen molar-refractivity contribution in [3.05, 3.63) is 58.6 Å². The van der Waals surface area contributed by atoms with E-state index in [0.717, 1.165) is 0 Å². The third-order valence-corrected chi connectivity index (χ3v) is 5.26. The van der Waals surface area contributed by atoms with Gasteiger partial charge in [-0.1, -0.05) is 23.7 Å². The second-order valence-electron chi connectivity index (χ2n) is 5.78. The summed E-state index contributed by atoms with van der Waals surface area (Å²) < 4.78 is 32.8. The summed E-state index contributed by atoms with van der Waals surface area (Å²) >= 11 is 5.89. The molecule has 1 heterocycles. The van der Waals surface area contributed by atoms with Crippen LogP contribution in [-0.4, -0.2) is 39.4 Å². The molecule has 0 unspecified atom stereocenters. The molecule has 3 rings (SSSR count). The third kappa shape index (κ3) is 4.24. The number of nitrogens with zero attached hydrogens (tertiary/aromatic N) is 1. The molecule has 1 amide bonds. The number of anilines is 1. The van der Waals surface area contributed by atoms with E-state index < -0.39 is 10.0 Å². The number of carbonyl (C=O) groups is 1. The van der Waals surface area contributed by atoms with Crippen LogP contribution in [0.1, 0.15) is 15.9 Å². The van der Waals surface area contributed by atoms with Gasteiger partial charge in [-0.2, -0.15) is 0 Å². The highest BCUT2D eigenvalue weighted by molar-refractivity contribution is 7.91. The summed E-state index contributed by atoms with van der Waals surface area (Å²) in [6, 6.07) is 11.3. The number of hydrogen-bond acceptors (Lipinski definition) is 4. The van der Waals surface area contributed by atoms with E-state index in [-0.39, 0.29) is 11.7 Å². The van der Waals surface area contributed by atoms with Gasteiger partial charge in [0.2, 0.25) is 10.0 Å². The molecule has 0 saturated heterocycles. The first-order chi connectivity index (χ1) is 11.8. The van der Waals surface area contributed by atoms with E-state index in [0.29, 0.717) is 40.7 Å². The molecule has 1 aliphatic rings. The van der Waals surface area contributed by atoms with Crippen LogP contribution in [0, 0.1) is 0 Å². The van der Waals surface area contributed by atoms with E-state index in [2.05, 4.69) is 4.72 Å². The highest BCUT2D eigenvalue weighted by Crippen LogP contribution is 2.27. The van der Waals surface area contributed by atoms with Crippen molar-refractivity contribution in [2.45, 2.75) is 5.75 Å². The number of halogens is 1. The molecular formula is C17H17ClN2O4S. The fourth-order valence-corrected chi connectivity index (χ4v) is 3.94. The SMILES string of the molecule is CN1CCOc2ccc(NS(=O)(=O)Cc3cccc(Cl)c3)cc2C1=O. The van der Waals surface area contributed by atoms with Crippen LogP contribution >= 0.6 is 11.6 Å². The summed E-state index contributed by atoms with van der Waals surface area (Å²) in [4.78, 5) is 13.9. The molecule has 6 nitrogen and oxygen atoms in total. The molecular weight excluding hydrogens is 364 g/mol. The van der Waals surface area contributed by atoms with Gasteiger partial charge in [-0.3, -0.25) is 9.52 Å². The molecule has 132 valence electrons. The van der Waals surface area contributed by atoms with Gasteiger partial charge in [0, 0.05) is 17.8 Å². The first-order valence-electron chi connectivity index (χ1n) is 7.61. The molecule has 0 aromatic heterocycles. The molecule has 1 N–H and O–H groups in total. The van der Waals surface area contributed by atoms with Gasteiger partial charge in [-0.05, 0) is 35.9 Å². The molecule has 8 heteroatoms. The van der Waals surface area contributed by atoms with Gasteiger partial charge in [0.1, 0.15) is 12.4 Å². The maximum Gasteiger partial charge on any atom is 0.257 e. The average molecular weight is 381 g/mol. The Kier molecular flexibility index (Phi) is 4.87. The lowest BCUT2D eigenvalue weighted by Gasteiger charge is -2.14. The molecule has 0 aliphatic carbocycles. The fourth-order valence-electron chi connectivity index (χ4n) is 2.55. The normalized spacial score (nSPS) is 14.5. The van der Waals surface area contributed by atoms with Crippen molar-refractivity contribution >= 4 is 33.2 Å². The van der Waals surface area contributed by atoms with E-state index in [4.69, 9.17) is 16.3 Å². The maximum absolute atomic E-state index is 12.4. The van der Waals surface area contributed by atoms with Crippen molar-refractivity contribution in [1.82, 2.24) is 4.90 Å². The minimum atomic E-state index is -3.65. The summed E-state index contributed by atoms with van der Waals surface area (Å²) in [6.07, 6.45) is 0. The van der Waals surface area contributed by atoms with Gasteiger partial charge in [0.05, 0.1) is 17.9 Å². The zero-order chi connectivity index (χ0) is 18.0. The Labute approximate surface area is 151 Å². The van der Waals surface area contributed by atoms with E-state index in [9.17, 15) is 13.2 Å². The number of carbonyl (C=O) groups excluding carboxylic acids is 1. The molecule has 0 atom stereocenters. The molecule has 0 bridgehead atoms. The monoisotopic (exact) mass is 380 g/mol. The minimum Gasteiger partial charge on any atom is -0.491 e. The second-order valence-corrected chi connectivity index (χ2v) is 7.94. The van der Waals surface area contributed by atoms with Crippen LogP contribution in [0.5, 0.6) is 5.75 Å². The van der Waals surface area contributed by atoms with E-state index in [1.165, 1.54) is 11.0 Å². The Morgan fingerprint density at radius 3 is 2.80 bits per heavy atom. The highest BCUT2D eigenvalue weighted by Gasteiger charge is 2.22. The Bertz CT molecular complexity index is 915. The van der Waals surface area contributed by atoms with Crippen LogP contribution in [0.2, 0.25) is 5.02 Å². The summed E-state index contributed by atoms with van der Waals surface area (Å²) in [5.41, 5.74) is 1.23. The molecule has 0 spiro atoms. The largest absolute Gasteiger partial charge is 0.491 e. The van der Waals surface area contributed by atoms with Crippen molar-refractivity contribution in [1.29, 1.82) is 0 Å².